The predicted octanol–water partition coefficient (Wildman–Crippen LogP) is 3.96. The van der Waals surface area contributed by atoms with Crippen LogP contribution in [0.4, 0.5) is 5.13 Å². The molecule has 0 bridgehead atoms. The van der Waals surface area contributed by atoms with E-state index in [1.54, 1.807) is 18.2 Å². The first-order valence-electron chi connectivity index (χ1n) is 7.69. The van der Waals surface area contributed by atoms with E-state index in [4.69, 9.17) is 12.2 Å². The van der Waals surface area contributed by atoms with E-state index >= 15 is 0 Å². The summed E-state index contributed by atoms with van der Waals surface area (Å²) < 4.78 is 0.215. The molecule has 0 atom stereocenters. The maximum Gasteiger partial charge on any atom is 0.259 e. The SMILES string of the molecule is O=C(Nc1nc(-c2ccccc2)cs1)c1ccc2c(=O)[nH]c(=S)[nH]c2c1. The summed E-state index contributed by atoms with van der Waals surface area (Å²) in [5.41, 5.74) is 2.42. The van der Waals surface area contributed by atoms with Gasteiger partial charge in [-0.1, -0.05) is 30.3 Å². The fourth-order valence-electron chi connectivity index (χ4n) is 2.55. The quantitative estimate of drug-likeness (QED) is 0.469. The van der Waals surface area contributed by atoms with E-state index in [1.807, 2.05) is 35.7 Å². The monoisotopic (exact) mass is 380 g/mol. The Kier molecular flexibility index (Phi) is 4.19. The Morgan fingerprint density at radius 1 is 1.12 bits per heavy atom. The number of anilines is 1. The number of hydrogen-bond donors (Lipinski definition) is 3. The van der Waals surface area contributed by atoms with Crippen LogP contribution < -0.4 is 10.9 Å². The second-order valence-corrected chi connectivity index (χ2v) is 6.79. The van der Waals surface area contributed by atoms with Gasteiger partial charge in [-0.05, 0) is 30.4 Å². The molecular weight excluding hydrogens is 368 g/mol. The number of carbonyl (C=O) groups is 1. The van der Waals surface area contributed by atoms with Gasteiger partial charge in [-0.2, -0.15) is 0 Å². The summed E-state index contributed by atoms with van der Waals surface area (Å²) in [6.07, 6.45) is 0. The first-order valence-corrected chi connectivity index (χ1v) is 8.97. The number of hydrogen-bond acceptors (Lipinski definition) is 5. The molecule has 0 aliphatic heterocycles. The van der Waals surface area contributed by atoms with Crippen LogP contribution in [0, 0.1) is 4.77 Å². The van der Waals surface area contributed by atoms with Gasteiger partial charge in [-0.3, -0.25) is 19.9 Å². The third kappa shape index (κ3) is 3.19. The summed E-state index contributed by atoms with van der Waals surface area (Å²) in [6, 6.07) is 14.5. The van der Waals surface area contributed by atoms with Crippen molar-refractivity contribution in [2.24, 2.45) is 0 Å². The predicted molar refractivity (Wildman–Crippen MR) is 105 cm³/mol. The van der Waals surface area contributed by atoms with Gasteiger partial charge < -0.3 is 4.98 Å². The highest BCUT2D eigenvalue weighted by Gasteiger charge is 2.11. The van der Waals surface area contributed by atoms with Crippen molar-refractivity contribution >= 4 is 45.5 Å². The smallest absolute Gasteiger partial charge is 0.259 e. The number of fused-ring (bicyclic) bond motifs is 1. The minimum absolute atomic E-state index is 0.215. The minimum Gasteiger partial charge on any atom is -0.332 e. The number of thiazole rings is 1. The lowest BCUT2D eigenvalue weighted by molar-refractivity contribution is 0.102. The van der Waals surface area contributed by atoms with Crippen LogP contribution in [0.25, 0.3) is 22.2 Å². The fraction of sp³-hybridized carbons (Fsp3) is 0. The Morgan fingerprint density at radius 2 is 1.92 bits per heavy atom. The lowest BCUT2D eigenvalue weighted by atomic mass is 10.1. The van der Waals surface area contributed by atoms with Crippen LogP contribution in [0.1, 0.15) is 10.4 Å². The molecule has 128 valence electrons. The highest BCUT2D eigenvalue weighted by Crippen LogP contribution is 2.25. The van der Waals surface area contributed by atoms with Gasteiger partial charge in [0.1, 0.15) is 0 Å². The van der Waals surface area contributed by atoms with Crippen molar-refractivity contribution in [3.8, 4) is 11.3 Å². The van der Waals surface area contributed by atoms with E-state index in [-0.39, 0.29) is 16.2 Å². The molecule has 0 radical (unpaired) electrons. The molecule has 0 saturated carbocycles. The van der Waals surface area contributed by atoms with Crippen molar-refractivity contribution in [1.82, 2.24) is 15.0 Å². The van der Waals surface area contributed by atoms with Crippen LogP contribution in [0.5, 0.6) is 0 Å². The molecule has 26 heavy (non-hydrogen) atoms. The molecule has 0 saturated heterocycles. The van der Waals surface area contributed by atoms with Crippen LogP contribution in [0.15, 0.2) is 58.7 Å². The van der Waals surface area contributed by atoms with E-state index in [1.165, 1.54) is 11.3 Å². The van der Waals surface area contributed by atoms with Crippen LogP contribution in [0.3, 0.4) is 0 Å². The largest absolute Gasteiger partial charge is 0.332 e. The molecule has 2 heterocycles. The van der Waals surface area contributed by atoms with E-state index < -0.39 is 0 Å². The number of amides is 1. The topological polar surface area (TPSA) is 90.6 Å². The normalized spacial score (nSPS) is 10.8. The van der Waals surface area contributed by atoms with Gasteiger partial charge in [-0.25, -0.2) is 4.98 Å². The number of rotatable bonds is 3. The summed E-state index contributed by atoms with van der Waals surface area (Å²) in [5.74, 6) is -0.305. The molecule has 8 heteroatoms. The zero-order valence-electron chi connectivity index (χ0n) is 13.3. The molecule has 0 aliphatic carbocycles. The average Bonchev–Trinajstić information content (AvgIpc) is 3.10. The van der Waals surface area contributed by atoms with Crippen LogP contribution in [-0.4, -0.2) is 20.9 Å². The van der Waals surface area contributed by atoms with E-state index in [9.17, 15) is 9.59 Å². The molecule has 0 spiro atoms. The van der Waals surface area contributed by atoms with Crippen LogP contribution in [-0.2, 0) is 0 Å². The third-order valence-electron chi connectivity index (χ3n) is 3.80. The molecule has 0 aliphatic rings. The van der Waals surface area contributed by atoms with Crippen molar-refractivity contribution in [3.05, 3.63) is 74.6 Å². The van der Waals surface area contributed by atoms with Crippen LogP contribution in [0.2, 0.25) is 0 Å². The zero-order valence-corrected chi connectivity index (χ0v) is 14.9. The molecule has 2 aromatic heterocycles. The van der Waals surface area contributed by atoms with Gasteiger partial charge in [0.25, 0.3) is 11.5 Å². The number of nitrogens with one attached hydrogen (secondary N) is 3. The molecule has 0 fully saturated rings. The van der Waals surface area contributed by atoms with Gasteiger partial charge in [-0.15, -0.1) is 11.3 Å². The summed E-state index contributed by atoms with van der Waals surface area (Å²) >= 11 is 6.32. The maximum absolute atomic E-state index is 12.5. The standard InChI is InChI=1S/C18H12N4O2S2/c23-15(11-6-7-12-13(8-11)19-17(25)21-16(12)24)22-18-20-14(9-26-18)10-4-2-1-3-5-10/h1-9H,(H,20,22,23)(H2,19,21,24,25). The number of carbonyl (C=O) groups excluding carboxylic acids is 1. The third-order valence-corrected chi connectivity index (χ3v) is 4.76. The highest BCUT2D eigenvalue weighted by atomic mass is 32.1. The fourth-order valence-corrected chi connectivity index (χ4v) is 3.47. The van der Waals surface area contributed by atoms with Gasteiger partial charge in [0.05, 0.1) is 16.6 Å². The molecule has 0 unspecified atom stereocenters. The Bertz CT molecular complexity index is 1230. The molecule has 2 aromatic carbocycles. The summed E-state index contributed by atoms with van der Waals surface area (Å²) in [7, 11) is 0. The first-order chi connectivity index (χ1) is 12.6. The maximum atomic E-state index is 12.5. The van der Waals surface area contributed by atoms with Gasteiger partial charge in [0, 0.05) is 16.5 Å². The molecule has 4 rings (SSSR count). The Hall–Kier alpha value is -3.10. The number of nitrogens with zero attached hydrogens (tertiary/aromatic N) is 1. The Morgan fingerprint density at radius 3 is 2.73 bits per heavy atom. The van der Waals surface area contributed by atoms with E-state index in [0.29, 0.717) is 21.6 Å². The summed E-state index contributed by atoms with van der Waals surface area (Å²) in [6.45, 7) is 0. The van der Waals surface area contributed by atoms with Crippen molar-refractivity contribution in [2.75, 3.05) is 5.32 Å². The highest BCUT2D eigenvalue weighted by molar-refractivity contribution is 7.71. The number of benzene rings is 2. The van der Waals surface area contributed by atoms with Crippen molar-refractivity contribution in [3.63, 3.8) is 0 Å². The molecule has 6 nitrogen and oxygen atoms in total. The average molecular weight is 380 g/mol. The number of aromatic amines is 2. The lowest BCUT2D eigenvalue weighted by Crippen LogP contribution is -2.13. The van der Waals surface area contributed by atoms with E-state index in [2.05, 4.69) is 20.3 Å². The first kappa shape index (κ1) is 16.4. The number of aromatic nitrogens is 3. The van der Waals surface area contributed by atoms with Crippen molar-refractivity contribution < 1.29 is 4.79 Å². The molecule has 4 aromatic rings. The lowest BCUT2D eigenvalue weighted by Gasteiger charge is -2.03. The van der Waals surface area contributed by atoms with Crippen molar-refractivity contribution in [1.29, 1.82) is 0 Å². The summed E-state index contributed by atoms with van der Waals surface area (Å²) in [5, 5.41) is 5.62. The molecule has 3 N–H and O–H groups in total. The Balaban J connectivity index is 1.61. The minimum atomic E-state index is -0.305. The van der Waals surface area contributed by atoms with Crippen LogP contribution >= 0.6 is 23.6 Å². The van der Waals surface area contributed by atoms with Gasteiger partial charge in [0.15, 0.2) is 9.90 Å². The van der Waals surface area contributed by atoms with Gasteiger partial charge >= 0.3 is 0 Å². The zero-order chi connectivity index (χ0) is 18.1. The molecule has 1 amide bonds. The summed E-state index contributed by atoms with van der Waals surface area (Å²) in [4.78, 5) is 34.2. The second-order valence-electron chi connectivity index (χ2n) is 5.53. The van der Waals surface area contributed by atoms with Gasteiger partial charge in [0.2, 0.25) is 0 Å². The molecular formula is C18H12N4O2S2. The Labute approximate surface area is 156 Å². The number of H-pyrrole nitrogens is 2. The van der Waals surface area contributed by atoms with Crippen molar-refractivity contribution in [2.45, 2.75) is 0 Å². The second kappa shape index (κ2) is 6.66. The van der Waals surface area contributed by atoms with E-state index in [0.717, 1.165) is 11.3 Å².